The van der Waals surface area contributed by atoms with Crippen molar-refractivity contribution in [3.8, 4) is 0 Å². The first-order chi connectivity index (χ1) is 9.08. The number of aryl methyl sites for hydroxylation is 1. The third-order valence-electron chi connectivity index (χ3n) is 4.18. The first-order valence-electron chi connectivity index (χ1n) is 7.10. The Morgan fingerprint density at radius 3 is 2.84 bits per heavy atom. The molecule has 1 saturated carbocycles. The number of thiophene rings is 1. The summed E-state index contributed by atoms with van der Waals surface area (Å²) in [5.74, 6) is 0.614. The smallest absolute Gasteiger partial charge is 0.222 e. The Bertz CT molecular complexity index is 430. The van der Waals surface area contributed by atoms with Gasteiger partial charge in [-0.1, -0.05) is 12.8 Å². The highest BCUT2D eigenvalue weighted by Gasteiger charge is 2.25. The molecule has 2 atom stereocenters. The van der Waals surface area contributed by atoms with Crippen LogP contribution in [0.15, 0.2) is 11.4 Å². The average molecular weight is 280 g/mol. The van der Waals surface area contributed by atoms with Crippen molar-refractivity contribution >= 4 is 17.2 Å². The molecule has 1 heterocycles. The summed E-state index contributed by atoms with van der Waals surface area (Å²) in [6.07, 6.45) is 5.24. The maximum atomic E-state index is 12.3. The highest BCUT2D eigenvalue weighted by molar-refractivity contribution is 7.10. The van der Waals surface area contributed by atoms with Crippen molar-refractivity contribution in [2.24, 2.45) is 11.7 Å². The maximum absolute atomic E-state index is 12.3. The summed E-state index contributed by atoms with van der Waals surface area (Å²) < 4.78 is 0. The molecule has 3 nitrogen and oxygen atoms in total. The van der Waals surface area contributed by atoms with E-state index in [9.17, 15) is 4.79 Å². The molecular weight excluding hydrogens is 256 g/mol. The van der Waals surface area contributed by atoms with Crippen LogP contribution in [0, 0.1) is 12.8 Å². The monoisotopic (exact) mass is 280 g/mol. The summed E-state index contributed by atoms with van der Waals surface area (Å²) >= 11 is 1.72. The minimum atomic E-state index is 0.217. The van der Waals surface area contributed by atoms with E-state index in [2.05, 4.69) is 18.4 Å². The minimum absolute atomic E-state index is 0.217. The number of carbonyl (C=O) groups excluding carboxylic acids is 1. The Morgan fingerprint density at radius 1 is 1.47 bits per heavy atom. The molecule has 19 heavy (non-hydrogen) atoms. The normalized spacial score (nSPS) is 23.3. The van der Waals surface area contributed by atoms with Crippen molar-refractivity contribution in [1.82, 2.24) is 4.90 Å². The Hall–Kier alpha value is -0.870. The van der Waals surface area contributed by atoms with E-state index < -0.39 is 0 Å². The van der Waals surface area contributed by atoms with Gasteiger partial charge < -0.3 is 10.6 Å². The minimum Gasteiger partial charge on any atom is -0.341 e. The molecule has 0 radical (unpaired) electrons. The Kier molecular flexibility index (Phi) is 4.99. The lowest BCUT2D eigenvalue weighted by atomic mass is 9.83. The first-order valence-corrected chi connectivity index (χ1v) is 7.98. The molecule has 2 N–H and O–H groups in total. The molecule has 1 aliphatic carbocycles. The van der Waals surface area contributed by atoms with E-state index in [1.54, 1.807) is 11.3 Å². The van der Waals surface area contributed by atoms with Crippen LogP contribution in [0.5, 0.6) is 0 Å². The average Bonchev–Trinajstić information content (AvgIpc) is 2.78. The van der Waals surface area contributed by atoms with Crippen molar-refractivity contribution in [3.05, 3.63) is 21.9 Å². The van der Waals surface area contributed by atoms with Crippen molar-refractivity contribution < 1.29 is 4.79 Å². The summed E-state index contributed by atoms with van der Waals surface area (Å²) in [5, 5.41) is 2.08. The van der Waals surface area contributed by atoms with Gasteiger partial charge in [-0.05, 0) is 42.7 Å². The first kappa shape index (κ1) is 14.5. The van der Waals surface area contributed by atoms with Crippen LogP contribution >= 0.6 is 11.3 Å². The molecule has 1 aromatic heterocycles. The Morgan fingerprint density at radius 2 is 2.21 bits per heavy atom. The molecule has 2 rings (SSSR count). The third kappa shape index (κ3) is 3.80. The van der Waals surface area contributed by atoms with E-state index in [4.69, 9.17) is 5.73 Å². The number of nitrogens with zero attached hydrogens (tertiary/aromatic N) is 1. The second-order valence-corrected chi connectivity index (χ2v) is 6.69. The van der Waals surface area contributed by atoms with Crippen LogP contribution in [0.2, 0.25) is 0 Å². The topological polar surface area (TPSA) is 46.3 Å². The number of nitrogens with two attached hydrogens (primary N) is 1. The lowest BCUT2D eigenvalue weighted by Crippen LogP contribution is -2.37. The SMILES string of the molecule is Cc1ccsc1CN(C)C(=O)CC1CCCCC1N. The Labute approximate surface area is 119 Å². The number of amides is 1. The van der Waals surface area contributed by atoms with Crippen LogP contribution < -0.4 is 5.73 Å². The Balaban J connectivity index is 1.87. The predicted octanol–water partition coefficient (Wildman–Crippen LogP) is 2.92. The third-order valence-corrected chi connectivity index (χ3v) is 5.19. The fraction of sp³-hybridized carbons (Fsp3) is 0.667. The van der Waals surface area contributed by atoms with E-state index in [0.717, 1.165) is 19.4 Å². The quantitative estimate of drug-likeness (QED) is 0.921. The van der Waals surface area contributed by atoms with Gasteiger partial charge in [-0.2, -0.15) is 0 Å². The van der Waals surface area contributed by atoms with Crippen molar-refractivity contribution in [3.63, 3.8) is 0 Å². The summed E-state index contributed by atoms with van der Waals surface area (Å²) in [6.45, 7) is 2.82. The van der Waals surface area contributed by atoms with Gasteiger partial charge in [0.2, 0.25) is 5.91 Å². The summed E-state index contributed by atoms with van der Waals surface area (Å²) in [7, 11) is 1.90. The van der Waals surface area contributed by atoms with Crippen LogP contribution in [0.25, 0.3) is 0 Å². The molecule has 0 aliphatic heterocycles. The fourth-order valence-corrected chi connectivity index (χ4v) is 3.70. The van der Waals surface area contributed by atoms with Crippen molar-refractivity contribution in [2.75, 3.05) is 7.05 Å². The maximum Gasteiger partial charge on any atom is 0.222 e. The van der Waals surface area contributed by atoms with E-state index in [1.807, 2.05) is 11.9 Å². The zero-order valence-corrected chi connectivity index (χ0v) is 12.7. The van der Waals surface area contributed by atoms with Gasteiger partial charge >= 0.3 is 0 Å². The molecule has 1 aromatic rings. The molecule has 1 amide bonds. The van der Waals surface area contributed by atoms with Crippen LogP contribution in [-0.2, 0) is 11.3 Å². The van der Waals surface area contributed by atoms with Gasteiger partial charge in [-0.3, -0.25) is 4.79 Å². The number of rotatable bonds is 4. The van der Waals surface area contributed by atoms with E-state index in [-0.39, 0.29) is 11.9 Å². The molecule has 0 saturated heterocycles. The summed E-state index contributed by atoms with van der Waals surface area (Å²) in [5.41, 5.74) is 7.40. The molecule has 1 fully saturated rings. The zero-order valence-electron chi connectivity index (χ0n) is 11.9. The van der Waals surface area contributed by atoms with Gasteiger partial charge in [-0.15, -0.1) is 11.3 Å². The number of carbonyl (C=O) groups is 1. The number of hydrogen-bond acceptors (Lipinski definition) is 3. The highest BCUT2D eigenvalue weighted by atomic mass is 32.1. The van der Waals surface area contributed by atoms with Gasteiger partial charge in [0, 0.05) is 24.4 Å². The summed E-state index contributed by atoms with van der Waals surface area (Å²) in [6, 6.07) is 2.32. The molecule has 106 valence electrons. The van der Waals surface area contributed by atoms with Crippen LogP contribution in [-0.4, -0.2) is 23.9 Å². The lowest BCUT2D eigenvalue weighted by molar-refractivity contribution is -0.131. The molecule has 0 spiro atoms. The largest absolute Gasteiger partial charge is 0.341 e. The van der Waals surface area contributed by atoms with E-state index >= 15 is 0 Å². The van der Waals surface area contributed by atoms with Crippen LogP contribution in [0.3, 0.4) is 0 Å². The lowest BCUT2D eigenvalue weighted by Gasteiger charge is -2.29. The zero-order chi connectivity index (χ0) is 13.8. The van der Waals surface area contributed by atoms with Gasteiger partial charge in [0.1, 0.15) is 0 Å². The molecule has 0 bridgehead atoms. The van der Waals surface area contributed by atoms with E-state index in [0.29, 0.717) is 12.3 Å². The molecule has 1 aliphatic rings. The molecule has 2 unspecified atom stereocenters. The van der Waals surface area contributed by atoms with Gasteiger partial charge in [-0.25, -0.2) is 0 Å². The fourth-order valence-electron chi connectivity index (χ4n) is 2.74. The molecule has 0 aromatic carbocycles. The molecular formula is C15H24N2OS. The summed E-state index contributed by atoms with van der Waals surface area (Å²) in [4.78, 5) is 15.4. The van der Waals surface area contributed by atoms with Crippen LogP contribution in [0.1, 0.15) is 42.5 Å². The van der Waals surface area contributed by atoms with Gasteiger partial charge in [0.15, 0.2) is 0 Å². The van der Waals surface area contributed by atoms with Crippen molar-refractivity contribution in [1.29, 1.82) is 0 Å². The standard InChI is InChI=1S/C15H24N2OS/c1-11-7-8-19-14(11)10-17(2)15(18)9-12-5-3-4-6-13(12)16/h7-8,12-13H,3-6,9-10,16H2,1-2H3. The van der Waals surface area contributed by atoms with Crippen LogP contribution in [0.4, 0.5) is 0 Å². The van der Waals surface area contributed by atoms with Crippen molar-refractivity contribution in [2.45, 2.75) is 51.6 Å². The van der Waals surface area contributed by atoms with Gasteiger partial charge in [0.25, 0.3) is 0 Å². The second kappa shape index (κ2) is 6.53. The molecule has 4 heteroatoms. The predicted molar refractivity (Wildman–Crippen MR) is 80.1 cm³/mol. The van der Waals surface area contributed by atoms with Gasteiger partial charge in [0.05, 0.1) is 6.54 Å². The second-order valence-electron chi connectivity index (χ2n) is 5.69. The highest BCUT2D eigenvalue weighted by Crippen LogP contribution is 2.26. The van der Waals surface area contributed by atoms with E-state index in [1.165, 1.54) is 23.3 Å². The number of hydrogen-bond donors (Lipinski definition) is 1.